The lowest BCUT2D eigenvalue weighted by Crippen LogP contribution is -2.19. The Morgan fingerprint density at radius 1 is 0.913 bits per heavy atom. The van der Waals surface area contributed by atoms with Crippen molar-refractivity contribution in [1.82, 2.24) is 0 Å². The van der Waals surface area contributed by atoms with Crippen LogP contribution in [-0.4, -0.2) is 17.9 Å². The van der Waals surface area contributed by atoms with Gasteiger partial charge in [-0.05, 0) is 17.7 Å². The average Bonchev–Trinajstić information content (AvgIpc) is 2.48. The highest BCUT2D eigenvalue weighted by atomic mass is 19.4. The van der Waals surface area contributed by atoms with Crippen LogP contribution in [0.5, 0.6) is 5.75 Å². The van der Waals surface area contributed by atoms with Gasteiger partial charge in [-0.15, -0.1) is 0 Å². The van der Waals surface area contributed by atoms with E-state index in [4.69, 9.17) is 5.11 Å². The summed E-state index contributed by atoms with van der Waals surface area (Å²) in [4.78, 5) is 0. The summed E-state index contributed by atoms with van der Waals surface area (Å²) in [6.45, 7) is -2.21. The molecule has 0 fully saturated rings. The van der Waals surface area contributed by atoms with Crippen LogP contribution in [0.2, 0.25) is 0 Å². The van der Waals surface area contributed by atoms with Crippen LogP contribution in [0.15, 0.2) is 30.3 Å². The molecule has 23 heavy (non-hydrogen) atoms. The Morgan fingerprint density at radius 3 is 2.17 bits per heavy atom. The smallest absolute Gasteiger partial charge is 0.422 e. The summed E-state index contributed by atoms with van der Waals surface area (Å²) in [5.41, 5.74) is -0.318. The zero-order chi connectivity index (χ0) is 17.2. The van der Waals surface area contributed by atoms with E-state index >= 15 is 0 Å². The fraction of sp³-hybridized carbons (Fsp3) is 0.200. The highest BCUT2D eigenvalue weighted by Gasteiger charge is 2.29. The highest BCUT2D eigenvalue weighted by molar-refractivity contribution is 5.67. The molecule has 2 nitrogen and oxygen atoms in total. The van der Waals surface area contributed by atoms with Crippen LogP contribution in [0.4, 0.5) is 26.3 Å². The van der Waals surface area contributed by atoms with Gasteiger partial charge in [-0.25, -0.2) is 13.2 Å². The van der Waals surface area contributed by atoms with Crippen LogP contribution in [-0.2, 0) is 6.61 Å². The molecule has 0 unspecified atom stereocenters. The first kappa shape index (κ1) is 17.1. The maximum Gasteiger partial charge on any atom is 0.422 e. The normalized spacial score (nSPS) is 11.6. The lowest BCUT2D eigenvalue weighted by molar-refractivity contribution is -0.153. The van der Waals surface area contributed by atoms with Crippen molar-refractivity contribution in [2.24, 2.45) is 0 Å². The van der Waals surface area contributed by atoms with Gasteiger partial charge in [0, 0.05) is 17.2 Å². The Balaban J connectivity index is 2.43. The number of aliphatic hydroxyl groups is 1. The molecule has 1 N–H and O–H groups in total. The molecule has 0 bridgehead atoms. The van der Waals surface area contributed by atoms with Gasteiger partial charge in [-0.1, -0.05) is 12.1 Å². The molecular weight excluding hydrogens is 326 g/mol. The van der Waals surface area contributed by atoms with Crippen LogP contribution in [0.1, 0.15) is 5.56 Å². The average molecular weight is 336 g/mol. The Kier molecular flexibility index (Phi) is 4.84. The molecule has 0 saturated heterocycles. The third-order valence-corrected chi connectivity index (χ3v) is 2.95. The number of rotatable bonds is 4. The second-order valence-corrected chi connectivity index (χ2v) is 4.63. The van der Waals surface area contributed by atoms with Crippen LogP contribution in [0, 0.1) is 17.5 Å². The lowest BCUT2D eigenvalue weighted by Gasteiger charge is -2.14. The second kappa shape index (κ2) is 6.49. The number of halogens is 6. The maximum atomic E-state index is 13.7. The predicted octanol–water partition coefficient (Wildman–Crippen LogP) is 4.20. The van der Waals surface area contributed by atoms with Gasteiger partial charge in [0.15, 0.2) is 18.2 Å². The quantitative estimate of drug-likeness (QED) is 0.670. The molecule has 2 aromatic rings. The van der Waals surface area contributed by atoms with Gasteiger partial charge in [0.2, 0.25) is 0 Å². The summed E-state index contributed by atoms with van der Waals surface area (Å²) < 4.78 is 81.1. The lowest BCUT2D eigenvalue weighted by atomic mass is 10.0. The molecule has 0 spiro atoms. The molecule has 0 aliphatic carbocycles. The molecule has 0 aromatic heterocycles. The summed E-state index contributed by atoms with van der Waals surface area (Å²) in [6.07, 6.45) is -4.60. The summed E-state index contributed by atoms with van der Waals surface area (Å²) in [5.74, 6) is -4.09. The number of hydrogen-bond donors (Lipinski definition) is 1. The first-order valence-corrected chi connectivity index (χ1v) is 6.29. The molecular formula is C15H10F6O2. The monoisotopic (exact) mass is 336 g/mol. The number of aliphatic hydroxyl groups excluding tert-OH is 1. The van der Waals surface area contributed by atoms with E-state index in [1.807, 2.05) is 0 Å². The van der Waals surface area contributed by atoms with Crippen LogP contribution >= 0.6 is 0 Å². The van der Waals surface area contributed by atoms with Gasteiger partial charge in [0.1, 0.15) is 11.6 Å². The van der Waals surface area contributed by atoms with Crippen LogP contribution in [0.3, 0.4) is 0 Å². The standard InChI is InChI=1S/C15H10F6O2/c16-11-5-13(18)12(17)4-10(11)8-1-2-9(6-22)14(3-8)23-7-15(19,20)21/h1-5,22H,6-7H2. The third kappa shape index (κ3) is 4.16. The number of benzene rings is 2. The van der Waals surface area contributed by atoms with E-state index in [-0.39, 0.29) is 22.4 Å². The minimum absolute atomic E-state index is 0.0178. The molecule has 0 saturated carbocycles. The zero-order valence-corrected chi connectivity index (χ0v) is 11.4. The summed E-state index contributed by atoms with van der Waals surface area (Å²) in [7, 11) is 0. The van der Waals surface area contributed by atoms with Gasteiger partial charge in [0.05, 0.1) is 6.61 Å². The van der Waals surface area contributed by atoms with Crippen molar-refractivity contribution in [3.05, 3.63) is 53.3 Å². The Hall–Kier alpha value is -2.22. The number of ether oxygens (including phenoxy) is 1. The van der Waals surface area contributed by atoms with Crippen molar-refractivity contribution in [3.8, 4) is 16.9 Å². The van der Waals surface area contributed by atoms with Crippen molar-refractivity contribution in [3.63, 3.8) is 0 Å². The number of alkyl halides is 3. The van der Waals surface area contributed by atoms with Crippen LogP contribution < -0.4 is 4.74 Å². The molecule has 2 aromatic carbocycles. The van der Waals surface area contributed by atoms with Gasteiger partial charge >= 0.3 is 6.18 Å². The molecule has 2 rings (SSSR count). The Labute approximate surface area is 126 Å². The minimum Gasteiger partial charge on any atom is -0.484 e. The maximum absolute atomic E-state index is 13.7. The third-order valence-electron chi connectivity index (χ3n) is 2.95. The van der Waals surface area contributed by atoms with Gasteiger partial charge in [0.25, 0.3) is 0 Å². The fourth-order valence-corrected chi connectivity index (χ4v) is 1.89. The van der Waals surface area contributed by atoms with Crippen molar-refractivity contribution in [1.29, 1.82) is 0 Å². The van der Waals surface area contributed by atoms with Crippen molar-refractivity contribution < 1.29 is 36.2 Å². The molecule has 124 valence electrons. The van der Waals surface area contributed by atoms with E-state index in [0.717, 1.165) is 6.07 Å². The van der Waals surface area contributed by atoms with E-state index in [0.29, 0.717) is 12.1 Å². The van der Waals surface area contributed by atoms with Crippen molar-refractivity contribution in [2.45, 2.75) is 12.8 Å². The molecule has 0 aliphatic rings. The summed E-state index contributed by atoms with van der Waals surface area (Å²) in [5, 5.41) is 9.10. The predicted molar refractivity (Wildman–Crippen MR) is 69.2 cm³/mol. The second-order valence-electron chi connectivity index (χ2n) is 4.63. The molecule has 0 radical (unpaired) electrons. The molecule has 0 aliphatic heterocycles. The Morgan fingerprint density at radius 2 is 1.57 bits per heavy atom. The largest absolute Gasteiger partial charge is 0.484 e. The molecule has 8 heteroatoms. The van der Waals surface area contributed by atoms with E-state index < -0.39 is 36.8 Å². The van der Waals surface area contributed by atoms with E-state index in [1.54, 1.807) is 0 Å². The summed E-state index contributed by atoms with van der Waals surface area (Å²) in [6, 6.07) is 4.41. The van der Waals surface area contributed by atoms with E-state index in [9.17, 15) is 26.3 Å². The molecule has 0 atom stereocenters. The van der Waals surface area contributed by atoms with E-state index in [2.05, 4.69) is 4.74 Å². The SMILES string of the molecule is OCc1ccc(-c2cc(F)c(F)cc2F)cc1OCC(F)(F)F. The van der Waals surface area contributed by atoms with Crippen LogP contribution in [0.25, 0.3) is 11.1 Å². The fourth-order valence-electron chi connectivity index (χ4n) is 1.89. The molecule has 0 amide bonds. The minimum atomic E-state index is -4.60. The molecule has 0 heterocycles. The number of hydrogen-bond acceptors (Lipinski definition) is 2. The highest BCUT2D eigenvalue weighted by Crippen LogP contribution is 2.31. The van der Waals surface area contributed by atoms with Gasteiger partial charge < -0.3 is 9.84 Å². The van der Waals surface area contributed by atoms with Gasteiger partial charge in [-0.2, -0.15) is 13.2 Å². The van der Waals surface area contributed by atoms with Crippen molar-refractivity contribution in [2.75, 3.05) is 6.61 Å². The Bertz CT molecular complexity index is 712. The zero-order valence-electron chi connectivity index (χ0n) is 11.4. The summed E-state index contributed by atoms with van der Waals surface area (Å²) >= 11 is 0. The topological polar surface area (TPSA) is 29.5 Å². The first-order valence-electron chi connectivity index (χ1n) is 6.29. The van der Waals surface area contributed by atoms with Crippen molar-refractivity contribution >= 4 is 0 Å². The van der Waals surface area contributed by atoms with E-state index in [1.165, 1.54) is 12.1 Å². The van der Waals surface area contributed by atoms with Gasteiger partial charge in [-0.3, -0.25) is 0 Å². The first-order chi connectivity index (χ1) is 10.7.